The minimum atomic E-state index is -2.73. The zero-order chi connectivity index (χ0) is 21.8. The van der Waals surface area contributed by atoms with Crippen molar-refractivity contribution < 1.29 is 29.1 Å². The van der Waals surface area contributed by atoms with E-state index < -0.39 is 20.8 Å². The molecule has 168 valence electrons. The Bertz CT molecular complexity index is 332. The second-order valence-electron chi connectivity index (χ2n) is 7.03. The van der Waals surface area contributed by atoms with Crippen LogP contribution in [0.3, 0.4) is 0 Å². The maximum Gasteiger partial charge on any atom is 0.200 e. The van der Waals surface area contributed by atoms with Gasteiger partial charge in [0.1, 0.15) is 0 Å². The fourth-order valence-electron chi connectivity index (χ4n) is 1.84. The van der Waals surface area contributed by atoms with E-state index >= 15 is 0 Å². The molecule has 6 nitrogen and oxygen atoms in total. The molecule has 0 saturated heterocycles. The van der Waals surface area contributed by atoms with Crippen LogP contribution >= 0.6 is 14.7 Å². The van der Waals surface area contributed by atoms with Crippen molar-refractivity contribution >= 4 is 14.7 Å². The van der Waals surface area contributed by atoms with Gasteiger partial charge in [0.05, 0.1) is 12.7 Å². The quantitative estimate of drug-likeness (QED) is 0.302. The van der Waals surface area contributed by atoms with Crippen molar-refractivity contribution in [2.24, 2.45) is 0 Å². The molecular weight excluding hydrogens is 386 g/mol. The maximum absolute atomic E-state index is 11.3. The van der Waals surface area contributed by atoms with Crippen molar-refractivity contribution in [1.82, 2.24) is 0 Å². The molecule has 0 aromatic heterocycles. The van der Waals surface area contributed by atoms with Gasteiger partial charge in [0.15, 0.2) is 0 Å². The number of aliphatic hydroxyl groups is 2. The van der Waals surface area contributed by atoms with E-state index in [1.165, 1.54) is 6.92 Å². The van der Waals surface area contributed by atoms with E-state index in [0.29, 0.717) is 24.6 Å². The Morgan fingerprint density at radius 3 is 0.963 bits per heavy atom. The molecule has 4 N–H and O–H groups in total. The van der Waals surface area contributed by atoms with E-state index in [2.05, 4.69) is 0 Å². The Morgan fingerprint density at radius 1 is 0.667 bits per heavy atom. The van der Waals surface area contributed by atoms with Crippen LogP contribution in [0.5, 0.6) is 0 Å². The molecule has 0 bridgehead atoms. The van der Waals surface area contributed by atoms with Gasteiger partial charge >= 0.3 is 0 Å². The summed E-state index contributed by atoms with van der Waals surface area (Å²) in [6.07, 6.45) is 9.10. The average molecular weight is 433 g/mol. The summed E-state index contributed by atoms with van der Waals surface area (Å²) in [5.41, 5.74) is 0. The van der Waals surface area contributed by atoms with Crippen LogP contribution in [-0.4, -0.2) is 57.4 Å². The van der Waals surface area contributed by atoms with Crippen molar-refractivity contribution in [3.63, 3.8) is 0 Å². The van der Waals surface area contributed by atoms with Crippen LogP contribution in [0.25, 0.3) is 0 Å². The summed E-state index contributed by atoms with van der Waals surface area (Å²) in [6, 6.07) is 0. The summed E-state index contributed by atoms with van der Waals surface area (Å²) < 4.78 is 22.6. The van der Waals surface area contributed by atoms with Gasteiger partial charge in [-0.25, -0.2) is 0 Å². The standard InChI is InChI=1S/2C8H19O2P.C3H8O2/c2*1-3-5-7-11(9,10)8-6-4-2;1-3(5)2-4/h2*3-8H2,1-2H3,(H,9,10);3-5H,2H2,1H3. The highest BCUT2D eigenvalue weighted by Crippen LogP contribution is 2.42. The molecule has 0 amide bonds. The first-order chi connectivity index (χ1) is 12.5. The summed E-state index contributed by atoms with van der Waals surface area (Å²) >= 11 is 0. The van der Waals surface area contributed by atoms with E-state index in [4.69, 9.17) is 10.2 Å². The first-order valence-corrected chi connectivity index (χ1v) is 14.5. The third-order valence-electron chi connectivity index (χ3n) is 3.71. The molecule has 0 fully saturated rings. The third kappa shape index (κ3) is 31.2. The van der Waals surface area contributed by atoms with Gasteiger partial charge in [-0.1, -0.05) is 53.4 Å². The Labute approximate surface area is 167 Å². The second-order valence-corrected chi connectivity index (χ2v) is 12.2. The van der Waals surface area contributed by atoms with Crippen molar-refractivity contribution in [3.8, 4) is 0 Å². The van der Waals surface area contributed by atoms with Gasteiger partial charge < -0.3 is 20.0 Å². The fraction of sp³-hybridized carbons (Fsp3) is 1.00. The van der Waals surface area contributed by atoms with Crippen LogP contribution in [0, 0.1) is 0 Å². The van der Waals surface area contributed by atoms with E-state index in [9.17, 15) is 18.9 Å². The van der Waals surface area contributed by atoms with Gasteiger partial charge in [-0.05, 0) is 32.6 Å². The molecule has 1 unspecified atom stereocenters. The van der Waals surface area contributed by atoms with Crippen LogP contribution in [0.1, 0.15) is 86.0 Å². The van der Waals surface area contributed by atoms with Crippen LogP contribution in [0.15, 0.2) is 0 Å². The molecule has 0 spiro atoms. The number of hydrogen-bond donors (Lipinski definition) is 4. The van der Waals surface area contributed by atoms with Crippen molar-refractivity contribution in [1.29, 1.82) is 0 Å². The highest BCUT2D eigenvalue weighted by molar-refractivity contribution is 7.58. The van der Waals surface area contributed by atoms with Crippen LogP contribution < -0.4 is 0 Å². The van der Waals surface area contributed by atoms with Crippen LogP contribution in [-0.2, 0) is 9.13 Å². The molecule has 0 aliphatic carbocycles. The topological polar surface area (TPSA) is 115 Å². The fourth-order valence-corrected chi connectivity index (χ4v) is 5.53. The Morgan fingerprint density at radius 2 is 0.852 bits per heavy atom. The monoisotopic (exact) mass is 432 g/mol. The average Bonchev–Trinajstić information content (AvgIpc) is 2.62. The van der Waals surface area contributed by atoms with Gasteiger partial charge in [-0.2, -0.15) is 0 Å². The highest BCUT2D eigenvalue weighted by Gasteiger charge is 2.16. The largest absolute Gasteiger partial charge is 0.394 e. The first kappa shape index (κ1) is 32.0. The summed E-state index contributed by atoms with van der Waals surface area (Å²) in [4.78, 5) is 18.7. The van der Waals surface area contributed by atoms with Crippen molar-refractivity contribution in [2.45, 2.75) is 92.1 Å². The van der Waals surface area contributed by atoms with E-state index in [1.54, 1.807) is 0 Å². The van der Waals surface area contributed by atoms with Gasteiger partial charge in [-0.3, -0.25) is 9.13 Å². The molecule has 0 aromatic carbocycles. The molecule has 0 heterocycles. The Hall–Kier alpha value is 0.300. The molecule has 0 saturated carbocycles. The summed E-state index contributed by atoms with van der Waals surface area (Å²) in [5.74, 6) is 0. The molecule has 0 aliphatic heterocycles. The lowest BCUT2D eigenvalue weighted by atomic mass is 10.4. The van der Waals surface area contributed by atoms with Gasteiger partial charge in [0.2, 0.25) is 14.7 Å². The number of aliphatic hydroxyl groups excluding tert-OH is 2. The third-order valence-corrected chi connectivity index (χ3v) is 7.77. The normalized spacial score (nSPS) is 12.5. The predicted molar refractivity (Wildman–Crippen MR) is 118 cm³/mol. The van der Waals surface area contributed by atoms with Gasteiger partial charge in [0, 0.05) is 24.6 Å². The highest BCUT2D eigenvalue weighted by atomic mass is 31.2. The molecule has 27 heavy (non-hydrogen) atoms. The summed E-state index contributed by atoms with van der Waals surface area (Å²) in [5, 5.41) is 16.0. The predicted octanol–water partition coefficient (Wildman–Crippen LogP) is 5.07. The molecule has 0 radical (unpaired) electrons. The van der Waals surface area contributed by atoms with Gasteiger partial charge in [0.25, 0.3) is 0 Å². The lowest BCUT2D eigenvalue weighted by Gasteiger charge is -2.09. The van der Waals surface area contributed by atoms with Crippen molar-refractivity contribution in [2.75, 3.05) is 31.3 Å². The number of rotatable bonds is 13. The Balaban J connectivity index is -0.000000344. The van der Waals surface area contributed by atoms with Crippen LogP contribution in [0.4, 0.5) is 0 Å². The minimum Gasteiger partial charge on any atom is -0.394 e. The maximum atomic E-state index is 11.3. The lowest BCUT2D eigenvalue weighted by Crippen LogP contribution is -2.03. The zero-order valence-corrected chi connectivity index (χ0v) is 20.1. The number of unbranched alkanes of at least 4 members (excludes halogenated alkanes) is 4. The molecule has 1 atom stereocenters. The van der Waals surface area contributed by atoms with Gasteiger partial charge in [-0.15, -0.1) is 0 Å². The first-order valence-electron chi connectivity index (χ1n) is 10.4. The lowest BCUT2D eigenvalue weighted by molar-refractivity contribution is 0.110. The molecular formula is C19H46O6P2. The Kier molecular flexibility index (Phi) is 24.9. The van der Waals surface area contributed by atoms with E-state index in [1.807, 2.05) is 27.7 Å². The number of hydrogen-bond acceptors (Lipinski definition) is 4. The summed E-state index contributed by atoms with van der Waals surface area (Å²) in [7, 11) is -5.45. The second kappa shape index (κ2) is 21.0. The molecule has 0 aliphatic rings. The minimum absolute atomic E-state index is 0.139. The van der Waals surface area contributed by atoms with Crippen molar-refractivity contribution in [3.05, 3.63) is 0 Å². The molecule has 8 heteroatoms. The van der Waals surface area contributed by atoms with E-state index in [0.717, 1.165) is 51.4 Å². The SMILES string of the molecule is CC(O)CO.CCCCP(=O)(O)CCCC.CCCCP(=O)(O)CCCC. The summed E-state index contributed by atoms with van der Waals surface area (Å²) in [6.45, 7) is 9.55. The van der Waals surface area contributed by atoms with Crippen LogP contribution in [0.2, 0.25) is 0 Å². The smallest absolute Gasteiger partial charge is 0.200 e. The molecule has 0 aromatic rings. The zero-order valence-electron chi connectivity index (χ0n) is 18.3. The molecule has 0 rings (SSSR count). The van der Waals surface area contributed by atoms with E-state index in [-0.39, 0.29) is 6.61 Å².